The smallest absolute Gasteiger partial charge is 0.270 e. The van der Waals surface area contributed by atoms with Crippen LogP contribution in [-0.2, 0) is 0 Å². The van der Waals surface area contributed by atoms with Gasteiger partial charge in [0.05, 0.1) is 4.92 Å². The summed E-state index contributed by atoms with van der Waals surface area (Å²) >= 11 is 5.87. The molecule has 0 radical (unpaired) electrons. The molecular formula is C11H15Cl2N3O3. The van der Waals surface area contributed by atoms with Crippen LogP contribution in [0.3, 0.4) is 0 Å². The van der Waals surface area contributed by atoms with E-state index >= 15 is 0 Å². The monoisotopic (exact) mass is 307 g/mol. The zero-order valence-corrected chi connectivity index (χ0v) is 12.3. The van der Waals surface area contributed by atoms with Crippen molar-refractivity contribution >= 4 is 35.8 Å². The van der Waals surface area contributed by atoms with Crippen LogP contribution < -0.4 is 5.43 Å². The van der Waals surface area contributed by atoms with E-state index in [4.69, 9.17) is 11.8 Å². The van der Waals surface area contributed by atoms with Crippen LogP contribution in [0.2, 0.25) is 0 Å². The van der Waals surface area contributed by atoms with Crippen LogP contribution in [0.15, 0.2) is 24.3 Å². The van der Waals surface area contributed by atoms with Gasteiger partial charge in [0, 0.05) is 35.0 Å². The van der Waals surface area contributed by atoms with Crippen LogP contribution in [0.4, 0.5) is 5.69 Å². The summed E-state index contributed by atoms with van der Waals surface area (Å²) in [6, 6.07) is 5.44. The summed E-state index contributed by atoms with van der Waals surface area (Å²) < 4.78 is 1.13. The van der Waals surface area contributed by atoms with Gasteiger partial charge in [-0.2, -0.15) is 0 Å². The number of nitrogens with zero attached hydrogens (tertiary/aromatic N) is 2. The van der Waals surface area contributed by atoms with Crippen molar-refractivity contribution in [1.29, 1.82) is 0 Å². The Morgan fingerprint density at radius 2 is 2.00 bits per heavy atom. The fourth-order valence-corrected chi connectivity index (χ4v) is 1.16. The predicted molar refractivity (Wildman–Crippen MR) is 75.3 cm³/mol. The quantitative estimate of drug-likeness (QED) is 0.529. The van der Waals surface area contributed by atoms with Gasteiger partial charge in [-0.05, 0) is 26.8 Å². The number of hydrazine groups is 1. The molecule has 0 aliphatic carbocycles. The molecule has 1 N–H and O–H groups in total. The molecule has 0 saturated carbocycles. The highest BCUT2D eigenvalue weighted by Gasteiger charge is 2.22. The average molecular weight is 308 g/mol. The molecule has 8 heteroatoms. The highest BCUT2D eigenvalue weighted by Crippen LogP contribution is 2.16. The number of hydrogen-bond donors (Lipinski definition) is 1. The zero-order valence-electron chi connectivity index (χ0n) is 10.7. The second kappa shape index (κ2) is 6.70. The Morgan fingerprint density at radius 3 is 2.47 bits per heavy atom. The van der Waals surface area contributed by atoms with Gasteiger partial charge < -0.3 is 0 Å². The van der Waals surface area contributed by atoms with E-state index in [1.807, 2.05) is 20.8 Å². The molecule has 1 rings (SSSR count). The highest BCUT2D eigenvalue weighted by molar-refractivity contribution is 6.14. The largest absolute Gasteiger partial charge is 0.270 e. The lowest BCUT2D eigenvalue weighted by Crippen LogP contribution is -2.46. The molecule has 1 amide bonds. The number of nitro benzene ring substituents is 1. The molecule has 0 heterocycles. The maximum absolute atomic E-state index is 11.8. The Balaban J connectivity index is 0.00000324. The number of benzene rings is 1. The molecule has 1 aromatic rings. The topological polar surface area (TPSA) is 75.5 Å². The third-order valence-corrected chi connectivity index (χ3v) is 2.70. The van der Waals surface area contributed by atoms with Crippen LogP contribution in [0.25, 0.3) is 0 Å². The second-order valence-corrected chi connectivity index (χ2v) is 5.04. The lowest BCUT2D eigenvalue weighted by molar-refractivity contribution is -0.384. The summed E-state index contributed by atoms with van der Waals surface area (Å²) in [6.07, 6.45) is 0. The highest BCUT2D eigenvalue weighted by atomic mass is 35.5. The fourth-order valence-electron chi connectivity index (χ4n) is 1.08. The first-order valence-corrected chi connectivity index (χ1v) is 5.57. The van der Waals surface area contributed by atoms with E-state index in [9.17, 15) is 14.9 Å². The van der Waals surface area contributed by atoms with Crippen molar-refractivity contribution in [1.82, 2.24) is 9.95 Å². The molecular weight excluding hydrogens is 293 g/mol. The number of nitro groups is 1. The Labute approximate surface area is 122 Å². The summed E-state index contributed by atoms with van der Waals surface area (Å²) in [4.78, 5) is 21.9. The number of amides is 1. The first-order chi connectivity index (χ1) is 8.21. The third-order valence-electron chi connectivity index (χ3n) is 2.11. The predicted octanol–water partition coefficient (Wildman–Crippen LogP) is 2.92. The molecule has 19 heavy (non-hydrogen) atoms. The van der Waals surface area contributed by atoms with Gasteiger partial charge in [0.25, 0.3) is 11.6 Å². The fraction of sp³-hybridized carbons (Fsp3) is 0.364. The molecule has 6 nitrogen and oxygen atoms in total. The van der Waals surface area contributed by atoms with E-state index in [0.717, 1.165) is 4.53 Å². The molecule has 0 aromatic heterocycles. The average Bonchev–Trinajstić information content (AvgIpc) is 2.27. The van der Waals surface area contributed by atoms with E-state index in [1.165, 1.54) is 24.3 Å². The van der Waals surface area contributed by atoms with Gasteiger partial charge in [0.1, 0.15) is 0 Å². The SMILES string of the molecule is CC(C)(C)N(Cl)NC(=O)c1cccc([N+](=O)[O-])c1.Cl. The molecule has 0 spiro atoms. The van der Waals surface area contributed by atoms with Crippen LogP contribution >= 0.6 is 24.2 Å². The van der Waals surface area contributed by atoms with E-state index in [1.54, 1.807) is 0 Å². The van der Waals surface area contributed by atoms with E-state index < -0.39 is 16.4 Å². The number of non-ortho nitro benzene ring substituents is 1. The van der Waals surface area contributed by atoms with E-state index in [2.05, 4.69) is 5.43 Å². The van der Waals surface area contributed by atoms with Crippen molar-refractivity contribution in [2.24, 2.45) is 0 Å². The first kappa shape index (κ1) is 17.6. The van der Waals surface area contributed by atoms with Gasteiger partial charge in [-0.1, -0.05) is 6.07 Å². The number of carbonyl (C=O) groups is 1. The third kappa shape index (κ3) is 5.02. The summed E-state index contributed by atoms with van der Waals surface area (Å²) in [7, 11) is 0. The molecule has 106 valence electrons. The summed E-state index contributed by atoms with van der Waals surface area (Å²) in [5.41, 5.74) is 2.02. The van der Waals surface area contributed by atoms with Crippen molar-refractivity contribution in [3.05, 3.63) is 39.9 Å². The Morgan fingerprint density at radius 1 is 1.42 bits per heavy atom. The molecule has 0 bridgehead atoms. The molecule has 0 unspecified atom stereocenters. The second-order valence-electron chi connectivity index (χ2n) is 4.70. The maximum atomic E-state index is 11.8. The molecule has 1 aromatic carbocycles. The first-order valence-electron chi connectivity index (χ1n) is 5.23. The molecule has 0 atom stereocenters. The van der Waals surface area contributed by atoms with Crippen molar-refractivity contribution < 1.29 is 9.72 Å². The number of nitrogens with one attached hydrogen (secondary N) is 1. The van der Waals surface area contributed by atoms with Gasteiger partial charge in [-0.25, -0.2) is 0 Å². The Bertz CT molecular complexity index is 474. The van der Waals surface area contributed by atoms with Crippen molar-refractivity contribution in [3.63, 3.8) is 0 Å². The minimum Gasteiger partial charge on any atom is -0.270 e. The van der Waals surface area contributed by atoms with Crippen LogP contribution in [0.1, 0.15) is 31.1 Å². The Hall–Kier alpha value is -1.37. The van der Waals surface area contributed by atoms with Gasteiger partial charge in [-0.3, -0.25) is 20.3 Å². The number of halogens is 2. The summed E-state index contributed by atoms with van der Waals surface area (Å²) in [5, 5.41) is 10.6. The number of rotatable bonds is 3. The maximum Gasteiger partial charge on any atom is 0.270 e. The molecule has 0 saturated heterocycles. The summed E-state index contributed by atoms with van der Waals surface area (Å²) in [5.74, 6) is -0.497. The standard InChI is InChI=1S/C11H14ClN3O3.ClH/c1-11(2,3)15(12)13-10(16)8-5-4-6-9(7-8)14(17)18;/h4-7H,1-3H3,(H,13,16);1H. The summed E-state index contributed by atoms with van der Waals surface area (Å²) in [6.45, 7) is 5.44. The lowest BCUT2D eigenvalue weighted by atomic mass is 10.1. The number of carbonyl (C=O) groups excluding carboxylic acids is 1. The lowest BCUT2D eigenvalue weighted by Gasteiger charge is -2.28. The molecule has 0 aliphatic rings. The Kier molecular flexibility index (Phi) is 6.21. The molecule has 0 fully saturated rings. The number of hydrogen-bond acceptors (Lipinski definition) is 4. The molecule has 0 aliphatic heterocycles. The van der Waals surface area contributed by atoms with E-state index in [0.29, 0.717) is 0 Å². The van der Waals surface area contributed by atoms with Gasteiger partial charge >= 0.3 is 0 Å². The van der Waals surface area contributed by atoms with Gasteiger partial charge in [-0.15, -0.1) is 16.9 Å². The van der Waals surface area contributed by atoms with E-state index in [-0.39, 0.29) is 23.7 Å². The minimum absolute atomic E-state index is 0. The normalized spacial score (nSPS) is 10.8. The van der Waals surface area contributed by atoms with Crippen LogP contribution in [-0.4, -0.2) is 20.9 Å². The van der Waals surface area contributed by atoms with Crippen molar-refractivity contribution in [2.75, 3.05) is 0 Å². The van der Waals surface area contributed by atoms with Gasteiger partial charge in [0.15, 0.2) is 0 Å². The van der Waals surface area contributed by atoms with Crippen LogP contribution in [0, 0.1) is 10.1 Å². The van der Waals surface area contributed by atoms with Crippen LogP contribution in [0.5, 0.6) is 0 Å². The van der Waals surface area contributed by atoms with Crippen molar-refractivity contribution in [3.8, 4) is 0 Å². The zero-order chi connectivity index (χ0) is 13.9. The van der Waals surface area contributed by atoms with Gasteiger partial charge in [0.2, 0.25) is 0 Å². The van der Waals surface area contributed by atoms with Crippen molar-refractivity contribution in [2.45, 2.75) is 26.3 Å². The minimum atomic E-state index is -0.557.